The van der Waals surface area contributed by atoms with Gasteiger partial charge in [-0.25, -0.2) is 0 Å². The molecule has 0 fully saturated rings. The number of methoxy groups -OCH3 is 1. The Morgan fingerprint density at radius 1 is 0.800 bits per heavy atom. The molecule has 0 N–H and O–H groups in total. The smallest absolute Gasteiger partial charge is 1.00 e. The first kappa shape index (κ1) is 27.1. The molecule has 0 saturated carbocycles. The fourth-order valence-electron chi connectivity index (χ4n) is 2.71. The van der Waals surface area contributed by atoms with Gasteiger partial charge >= 0.3 is 35.5 Å². The maximum atomic E-state index is 11.4. The average molecular weight is 363 g/mol. The van der Waals surface area contributed by atoms with Gasteiger partial charge in [0.15, 0.2) is 0 Å². The second-order valence-corrected chi connectivity index (χ2v) is 6.63. The van der Waals surface area contributed by atoms with E-state index in [1.165, 1.54) is 77.7 Å². The molecule has 0 spiro atoms. The van der Waals surface area contributed by atoms with Crippen LogP contribution in [0.3, 0.4) is 0 Å². The van der Waals surface area contributed by atoms with Crippen LogP contribution >= 0.6 is 0 Å². The number of Topliss-reactive ketones (excluding diaryl/α,β-unsaturated/α-hetero) is 1. The van der Waals surface area contributed by atoms with E-state index < -0.39 is 5.97 Å². The van der Waals surface area contributed by atoms with E-state index >= 15 is 0 Å². The second kappa shape index (κ2) is 21.9. The number of esters is 1. The number of rotatable bonds is 17. The van der Waals surface area contributed by atoms with Gasteiger partial charge < -0.3 is 6.16 Å². The van der Waals surface area contributed by atoms with Crippen LogP contribution in [0.2, 0.25) is 0 Å². The minimum absolute atomic E-state index is 0. The van der Waals surface area contributed by atoms with Crippen molar-refractivity contribution in [2.24, 2.45) is 0 Å². The second-order valence-electron chi connectivity index (χ2n) is 6.63. The summed E-state index contributed by atoms with van der Waals surface area (Å²) in [7, 11) is 1.32. The summed E-state index contributed by atoms with van der Waals surface area (Å²) in [6, 6.07) is 0. The third-order valence-electron chi connectivity index (χ3n) is 4.29. The molecule has 25 heavy (non-hydrogen) atoms. The normalized spacial score (nSPS) is 10.6. The predicted molar refractivity (Wildman–Crippen MR) is 102 cm³/mol. The molecular formula is C21H39NaO3. The number of ether oxygens (including phenoxy) is 1. The Hall–Kier alpha value is -0.120. The summed E-state index contributed by atoms with van der Waals surface area (Å²) >= 11 is 0. The van der Waals surface area contributed by atoms with Crippen molar-refractivity contribution in [3.8, 4) is 0 Å². The van der Waals surface area contributed by atoms with Crippen LogP contribution in [0.4, 0.5) is 0 Å². The van der Waals surface area contributed by atoms with Gasteiger partial charge in [-0.2, -0.15) is 0 Å². The molecule has 0 aliphatic heterocycles. The molecular weight excluding hydrogens is 323 g/mol. The molecule has 0 heterocycles. The van der Waals surface area contributed by atoms with Crippen molar-refractivity contribution in [2.75, 3.05) is 7.11 Å². The zero-order chi connectivity index (χ0) is 17.9. The van der Waals surface area contributed by atoms with E-state index in [2.05, 4.69) is 23.8 Å². The topological polar surface area (TPSA) is 43.4 Å². The molecule has 0 unspecified atom stereocenters. The summed E-state index contributed by atoms with van der Waals surface area (Å²) in [6.45, 7) is 2.26. The molecule has 142 valence electrons. The summed E-state index contributed by atoms with van der Waals surface area (Å²) in [5.74, 6) is -0.424. The van der Waals surface area contributed by atoms with Gasteiger partial charge in [0.1, 0.15) is 12.2 Å². The van der Waals surface area contributed by atoms with E-state index in [1.807, 2.05) is 0 Å². The first-order valence-corrected chi connectivity index (χ1v) is 9.94. The molecule has 0 aliphatic carbocycles. The van der Waals surface area contributed by atoms with Crippen LogP contribution in [0.25, 0.3) is 0 Å². The van der Waals surface area contributed by atoms with Crippen LogP contribution in [-0.2, 0) is 14.3 Å². The molecule has 0 aromatic rings. The van der Waals surface area contributed by atoms with Gasteiger partial charge in [-0.3, -0.25) is 9.59 Å². The van der Waals surface area contributed by atoms with Gasteiger partial charge in [0, 0.05) is 6.42 Å². The van der Waals surface area contributed by atoms with Crippen LogP contribution in [0.15, 0.2) is 12.2 Å². The van der Waals surface area contributed by atoms with Crippen LogP contribution in [0, 0.1) is 0 Å². The van der Waals surface area contributed by atoms with E-state index in [9.17, 15) is 9.59 Å². The molecule has 0 aromatic heterocycles. The van der Waals surface area contributed by atoms with Gasteiger partial charge in [0.05, 0.1) is 7.11 Å². The molecule has 0 atom stereocenters. The van der Waals surface area contributed by atoms with Crippen molar-refractivity contribution >= 4 is 11.8 Å². The van der Waals surface area contributed by atoms with E-state index in [-0.39, 0.29) is 43.2 Å². The maximum absolute atomic E-state index is 11.4. The molecule has 3 nitrogen and oxygen atoms in total. The van der Waals surface area contributed by atoms with E-state index in [1.54, 1.807) is 0 Å². The molecule has 4 heteroatoms. The first-order valence-electron chi connectivity index (χ1n) is 9.94. The number of hydrogen-bond donors (Lipinski definition) is 0. The Morgan fingerprint density at radius 3 is 1.80 bits per heavy atom. The maximum Gasteiger partial charge on any atom is 1.00 e. The SMILES string of the molecule is CCCCCCCC/C=C\CCCCCCCC(=O)CC(=O)OC.[H-].[Na+]. The van der Waals surface area contributed by atoms with Crippen molar-refractivity contribution in [2.45, 2.75) is 103 Å². The molecule has 0 rings (SSSR count). The van der Waals surface area contributed by atoms with Crippen molar-refractivity contribution in [1.82, 2.24) is 0 Å². The van der Waals surface area contributed by atoms with Gasteiger partial charge in [-0.1, -0.05) is 70.4 Å². The summed E-state index contributed by atoms with van der Waals surface area (Å²) in [6.07, 6.45) is 21.3. The molecule has 0 saturated heterocycles. The number of hydrogen-bond acceptors (Lipinski definition) is 3. The standard InChI is InChI=1S/C21H38O3.Na.H/c1-3-4-5-6-7-8-9-10-11-12-13-14-15-16-17-18-20(22)19-21(23)24-2;;/h10-11H,3-9,12-19H2,1-2H3;;/q;+1;-1/b11-10-;;. The summed E-state index contributed by atoms with van der Waals surface area (Å²) < 4.78 is 4.48. The minimum atomic E-state index is -0.423. The number of carbonyl (C=O) groups excluding carboxylic acids is 2. The van der Waals surface area contributed by atoms with Gasteiger partial charge in [0.2, 0.25) is 0 Å². The molecule has 0 bridgehead atoms. The summed E-state index contributed by atoms with van der Waals surface area (Å²) in [5.41, 5.74) is 0. The van der Waals surface area contributed by atoms with Crippen molar-refractivity contribution in [1.29, 1.82) is 0 Å². The summed E-state index contributed by atoms with van der Waals surface area (Å²) in [5, 5.41) is 0. The minimum Gasteiger partial charge on any atom is -1.00 e. The Bertz CT molecular complexity index is 346. The summed E-state index contributed by atoms with van der Waals surface area (Å²) in [4.78, 5) is 22.4. The average Bonchev–Trinajstić information content (AvgIpc) is 2.58. The van der Waals surface area contributed by atoms with E-state index in [0.717, 1.165) is 12.8 Å². The van der Waals surface area contributed by atoms with Gasteiger partial charge in [-0.05, 0) is 32.1 Å². The van der Waals surface area contributed by atoms with E-state index in [0.29, 0.717) is 6.42 Å². The third-order valence-corrected chi connectivity index (χ3v) is 4.29. The zero-order valence-corrected chi connectivity index (χ0v) is 19.0. The fourth-order valence-corrected chi connectivity index (χ4v) is 2.71. The Morgan fingerprint density at radius 2 is 1.28 bits per heavy atom. The molecule has 0 amide bonds. The molecule has 0 aliphatic rings. The Labute approximate surface area is 179 Å². The number of unbranched alkanes of at least 4 members (excludes halogenated alkanes) is 11. The Kier molecular flexibility index (Phi) is 23.8. The van der Waals surface area contributed by atoms with Crippen LogP contribution in [0.1, 0.15) is 105 Å². The first-order chi connectivity index (χ1) is 11.7. The predicted octanol–water partition coefficient (Wildman–Crippen LogP) is 3.27. The number of carbonyl (C=O) groups is 2. The molecule has 0 aromatic carbocycles. The van der Waals surface area contributed by atoms with Crippen molar-refractivity contribution in [3.63, 3.8) is 0 Å². The third kappa shape index (κ3) is 21.8. The van der Waals surface area contributed by atoms with Crippen LogP contribution in [0.5, 0.6) is 0 Å². The van der Waals surface area contributed by atoms with Crippen LogP contribution in [-0.4, -0.2) is 18.9 Å². The Balaban J connectivity index is -0.00000264. The van der Waals surface area contributed by atoms with E-state index in [4.69, 9.17) is 0 Å². The van der Waals surface area contributed by atoms with Crippen molar-refractivity contribution in [3.05, 3.63) is 12.2 Å². The van der Waals surface area contributed by atoms with Crippen molar-refractivity contribution < 1.29 is 45.3 Å². The molecule has 0 radical (unpaired) electrons. The zero-order valence-electron chi connectivity index (χ0n) is 18.0. The quantitative estimate of drug-likeness (QED) is 0.131. The fraction of sp³-hybridized carbons (Fsp3) is 0.810. The number of ketones is 1. The van der Waals surface area contributed by atoms with Crippen LogP contribution < -0.4 is 29.6 Å². The monoisotopic (exact) mass is 362 g/mol. The van der Waals surface area contributed by atoms with Gasteiger partial charge in [-0.15, -0.1) is 0 Å². The van der Waals surface area contributed by atoms with Gasteiger partial charge in [0.25, 0.3) is 0 Å². The largest absolute Gasteiger partial charge is 1.00 e. The number of allylic oxidation sites excluding steroid dienone is 2.